The van der Waals surface area contributed by atoms with Crippen LogP contribution in [-0.2, 0) is 4.79 Å². The van der Waals surface area contributed by atoms with E-state index < -0.39 is 0 Å². The molecule has 1 amide bonds. The molecule has 1 aromatic heterocycles. The maximum absolute atomic E-state index is 13.6. The Balaban J connectivity index is 1.66. The van der Waals surface area contributed by atoms with Crippen molar-refractivity contribution in [2.45, 2.75) is 0 Å². The Hall–Kier alpha value is -4.51. The summed E-state index contributed by atoms with van der Waals surface area (Å²) in [6.07, 6.45) is 1.70. The first kappa shape index (κ1) is 18.3. The summed E-state index contributed by atoms with van der Waals surface area (Å²) in [7, 11) is 0. The molecule has 0 bridgehead atoms. The highest BCUT2D eigenvalue weighted by atomic mass is 16.2. The number of carbonyl (C=O) groups is 1. The van der Waals surface area contributed by atoms with Gasteiger partial charge < -0.3 is 5.32 Å². The lowest BCUT2D eigenvalue weighted by atomic mass is 10.1. The fourth-order valence-electron chi connectivity index (χ4n) is 4.22. The van der Waals surface area contributed by atoms with Crippen molar-refractivity contribution in [1.29, 1.82) is 0 Å². The molecule has 0 radical (unpaired) electrons. The Morgan fingerprint density at radius 1 is 0.781 bits per heavy atom. The van der Waals surface area contributed by atoms with Crippen LogP contribution in [0.15, 0.2) is 95.8 Å². The summed E-state index contributed by atoms with van der Waals surface area (Å²) < 4.78 is 1.58. The van der Waals surface area contributed by atoms with Crippen LogP contribution in [0.1, 0.15) is 11.4 Å². The van der Waals surface area contributed by atoms with Crippen LogP contribution >= 0.6 is 0 Å². The summed E-state index contributed by atoms with van der Waals surface area (Å²) in [5.41, 5.74) is 3.15. The van der Waals surface area contributed by atoms with Gasteiger partial charge in [0, 0.05) is 11.3 Å². The van der Waals surface area contributed by atoms with Gasteiger partial charge in [-0.3, -0.25) is 14.2 Å². The van der Waals surface area contributed by atoms with E-state index in [4.69, 9.17) is 4.98 Å². The zero-order valence-electron chi connectivity index (χ0n) is 16.9. The predicted octanol–water partition coefficient (Wildman–Crippen LogP) is 5.03. The van der Waals surface area contributed by atoms with Gasteiger partial charge in [0.05, 0.1) is 22.2 Å². The summed E-state index contributed by atoms with van der Waals surface area (Å²) in [6.45, 7) is 0. The van der Waals surface area contributed by atoms with Gasteiger partial charge in [0.25, 0.3) is 11.5 Å². The minimum absolute atomic E-state index is 0.176. The molecule has 0 aliphatic carbocycles. The predicted molar refractivity (Wildman–Crippen MR) is 128 cm³/mol. The number of fused-ring (bicyclic) bond motifs is 3. The van der Waals surface area contributed by atoms with Crippen molar-refractivity contribution in [2.24, 2.45) is 0 Å². The number of nitrogens with zero attached hydrogens (tertiary/aromatic N) is 2. The van der Waals surface area contributed by atoms with Crippen molar-refractivity contribution in [2.75, 3.05) is 5.32 Å². The first-order chi connectivity index (χ1) is 15.7. The van der Waals surface area contributed by atoms with Crippen LogP contribution in [0.4, 0.5) is 5.69 Å². The molecular weight excluding hydrogens is 398 g/mol. The zero-order valence-corrected chi connectivity index (χ0v) is 16.9. The van der Waals surface area contributed by atoms with E-state index in [9.17, 15) is 9.59 Å². The number of carbonyl (C=O) groups excluding carboxylic acids is 1. The van der Waals surface area contributed by atoms with Gasteiger partial charge in [-0.15, -0.1) is 0 Å². The van der Waals surface area contributed by atoms with E-state index in [1.54, 1.807) is 16.7 Å². The summed E-state index contributed by atoms with van der Waals surface area (Å²) in [5, 5.41) is 5.51. The largest absolute Gasteiger partial charge is 0.321 e. The number of benzene rings is 4. The van der Waals surface area contributed by atoms with Crippen molar-refractivity contribution in [3.8, 4) is 5.69 Å². The lowest BCUT2D eigenvalue weighted by Crippen LogP contribution is -2.22. The molecule has 5 heteroatoms. The van der Waals surface area contributed by atoms with Gasteiger partial charge in [0.2, 0.25) is 0 Å². The number of rotatable bonds is 2. The molecule has 0 atom stereocenters. The molecule has 0 unspecified atom stereocenters. The van der Waals surface area contributed by atoms with Crippen LogP contribution in [0.5, 0.6) is 0 Å². The highest BCUT2D eigenvalue weighted by Gasteiger charge is 2.24. The molecule has 1 aliphatic rings. The van der Waals surface area contributed by atoms with E-state index in [0.717, 1.165) is 22.0 Å². The molecule has 152 valence electrons. The molecule has 0 fully saturated rings. The van der Waals surface area contributed by atoms with E-state index >= 15 is 0 Å². The van der Waals surface area contributed by atoms with Crippen molar-refractivity contribution in [3.05, 3.63) is 113 Å². The van der Waals surface area contributed by atoms with Gasteiger partial charge in [-0.2, -0.15) is 0 Å². The maximum atomic E-state index is 13.6. The lowest BCUT2D eigenvalue weighted by Gasteiger charge is -2.13. The molecule has 1 aliphatic heterocycles. The average Bonchev–Trinajstić information content (AvgIpc) is 3.14. The fourth-order valence-corrected chi connectivity index (χ4v) is 4.22. The second-order valence-corrected chi connectivity index (χ2v) is 7.72. The van der Waals surface area contributed by atoms with Crippen molar-refractivity contribution >= 4 is 44.9 Å². The van der Waals surface area contributed by atoms with Gasteiger partial charge in [-0.05, 0) is 47.2 Å². The first-order valence-electron chi connectivity index (χ1n) is 10.3. The van der Waals surface area contributed by atoms with E-state index in [2.05, 4.69) is 5.32 Å². The molecule has 5 nitrogen and oxygen atoms in total. The Morgan fingerprint density at radius 2 is 1.53 bits per heavy atom. The molecule has 0 spiro atoms. The van der Waals surface area contributed by atoms with Gasteiger partial charge in [0.15, 0.2) is 0 Å². The summed E-state index contributed by atoms with van der Waals surface area (Å²) in [5.74, 6) is 0.199. The summed E-state index contributed by atoms with van der Waals surface area (Å²) in [6, 6.07) is 28.6. The van der Waals surface area contributed by atoms with Gasteiger partial charge in [-0.1, -0.05) is 60.7 Å². The standard InChI is InChI=1S/C27H17N3O2/c31-26-22(20-9-3-5-11-23(20)29-26)16-25-28-24-12-6-4-10-21(24)27(32)30(25)19-14-13-17-7-1-2-8-18(17)15-19/h1-16H,(H,29,31)/b22-16+. The molecule has 1 N–H and O–H groups in total. The second-order valence-electron chi connectivity index (χ2n) is 7.72. The minimum Gasteiger partial charge on any atom is -0.321 e. The zero-order chi connectivity index (χ0) is 21.7. The Bertz CT molecular complexity index is 1650. The van der Waals surface area contributed by atoms with Crippen LogP contribution in [0.3, 0.4) is 0 Å². The molecule has 2 heterocycles. The fraction of sp³-hybridized carbons (Fsp3) is 0. The molecule has 0 saturated heterocycles. The van der Waals surface area contributed by atoms with Crippen LogP contribution < -0.4 is 10.9 Å². The number of aromatic nitrogens is 2. The smallest absolute Gasteiger partial charge is 0.266 e. The normalized spacial score (nSPS) is 14.1. The maximum Gasteiger partial charge on any atom is 0.266 e. The van der Waals surface area contributed by atoms with E-state index in [1.165, 1.54) is 0 Å². The third kappa shape index (κ3) is 2.83. The third-order valence-electron chi connectivity index (χ3n) is 5.78. The number of hydrogen-bond acceptors (Lipinski definition) is 3. The number of para-hydroxylation sites is 2. The van der Waals surface area contributed by atoms with Crippen molar-refractivity contribution in [3.63, 3.8) is 0 Å². The lowest BCUT2D eigenvalue weighted by molar-refractivity contribution is -0.110. The van der Waals surface area contributed by atoms with Crippen molar-refractivity contribution in [1.82, 2.24) is 9.55 Å². The summed E-state index contributed by atoms with van der Waals surface area (Å²) in [4.78, 5) is 31.1. The summed E-state index contributed by atoms with van der Waals surface area (Å²) >= 11 is 0. The first-order valence-corrected chi connectivity index (χ1v) is 10.3. The second kappa shape index (κ2) is 7.03. The monoisotopic (exact) mass is 415 g/mol. The highest BCUT2D eigenvalue weighted by molar-refractivity contribution is 6.34. The molecule has 32 heavy (non-hydrogen) atoms. The van der Waals surface area contributed by atoms with Crippen LogP contribution in [-0.4, -0.2) is 15.5 Å². The molecule has 4 aromatic carbocycles. The van der Waals surface area contributed by atoms with E-state index in [0.29, 0.717) is 28.0 Å². The van der Waals surface area contributed by atoms with Crippen LogP contribution in [0.2, 0.25) is 0 Å². The number of nitrogens with one attached hydrogen (secondary N) is 1. The number of amides is 1. The highest BCUT2D eigenvalue weighted by Crippen LogP contribution is 2.33. The molecule has 6 rings (SSSR count). The third-order valence-corrected chi connectivity index (χ3v) is 5.78. The number of hydrogen-bond donors (Lipinski definition) is 1. The SMILES string of the molecule is O=C1Nc2ccccc2/C1=C\c1nc2ccccc2c(=O)n1-c1ccc2ccccc2c1. The minimum atomic E-state index is -0.210. The molecule has 0 saturated carbocycles. The molecule has 5 aromatic rings. The quantitative estimate of drug-likeness (QED) is 0.411. The van der Waals surface area contributed by atoms with Crippen molar-refractivity contribution < 1.29 is 4.79 Å². The topological polar surface area (TPSA) is 64.0 Å². The Labute approximate surface area is 183 Å². The molecular formula is C27H17N3O2. The Morgan fingerprint density at radius 3 is 2.44 bits per heavy atom. The van der Waals surface area contributed by atoms with Crippen LogP contribution in [0, 0.1) is 0 Å². The van der Waals surface area contributed by atoms with Gasteiger partial charge >= 0.3 is 0 Å². The van der Waals surface area contributed by atoms with Crippen LogP contribution in [0.25, 0.3) is 39.0 Å². The van der Waals surface area contributed by atoms with Gasteiger partial charge in [-0.25, -0.2) is 4.98 Å². The average molecular weight is 415 g/mol. The van der Waals surface area contributed by atoms with Gasteiger partial charge in [0.1, 0.15) is 5.82 Å². The van der Waals surface area contributed by atoms with E-state index in [-0.39, 0.29) is 11.5 Å². The van der Waals surface area contributed by atoms with E-state index in [1.807, 2.05) is 84.9 Å². The number of anilines is 1. The Kier molecular flexibility index (Phi) is 4.01.